The van der Waals surface area contributed by atoms with Gasteiger partial charge in [0.15, 0.2) is 0 Å². The lowest BCUT2D eigenvalue weighted by Crippen LogP contribution is -2.18. The average Bonchev–Trinajstić information content (AvgIpc) is 2.52. The van der Waals surface area contributed by atoms with E-state index in [1.54, 1.807) is 19.2 Å². The van der Waals surface area contributed by atoms with E-state index in [0.29, 0.717) is 22.9 Å². The molecule has 0 atom stereocenters. The monoisotopic (exact) mass is 323 g/mol. The molecule has 0 spiro atoms. The van der Waals surface area contributed by atoms with Crippen LogP contribution in [0.4, 0.5) is 4.39 Å². The summed E-state index contributed by atoms with van der Waals surface area (Å²) in [5.74, 6) is 0.325. The minimum Gasteiger partial charge on any atom is -0.489 e. The Hall–Kier alpha value is -1.62. The maximum atomic E-state index is 13.6. The van der Waals surface area contributed by atoms with E-state index in [-0.39, 0.29) is 12.4 Å². The Labute approximate surface area is 135 Å². The van der Waals surface area contributed by atoms with E-state index in [1.807, 2.05) is 24.3 Å². The largest absolute Gasteiger partial charge is 0.489 e. The Bertz CT molecular complexity index is 569. The molecule has 0 unspecified atom stereocenters. The molecule has 0 heterocycles. The first-order valence-electron chi connectivity index (χ1n) is 7.05. The highest BCUT2D eigenvalue weighted by atomic mass is 35.5. The maximum Gasteiger partial charge on any atom is 0.131 e. The van der Waals surface area contributed by atoms with Crippen molar-refractivity contribution >= 4 is 11.6 Å². The predicted molar refractivity (Wildman–Crippen MR) is 85.8 cm³/mol. The Morgan fingerprint density at radius 1 is 1.14 bits per heavy atom. The van der Waals surface area contributed by atoms with Crippen LogP contribution in [0.1, 0.15) is 11.1 Å². The molecule has 0 amide bonds. The van der Waals surface area contributed by atoms with Crippen molar-refractivity contribution in [3.63, 3.8) is 0 Å². The quantitative estimate of drug-likeness (QED) is 0.750. The molecule has 0 radical (unpaired) electrons. The topological polar surface area (TPSA) is 30.5 Å². The van der Waals surface area contributed by atoms with Crippen molar-refractivity contribution in [3.05, 3.63) is 64.4 Å². The molecule has 3 nitrogen and oxygen atoms in total. The summed E-state index contributed by atoms with van der Waals surface area (Å²) in [5, 5.41) is 3.64. The van der Waals surface area contributed by atoms with Gasteiger partial charge >= 0.3 is 0 Å². The Balaban J connectivity index is 1.86. The van der Waals surface area contributed by atoms with Gasteiger partial charge in [-0.1, -0.05) is 29.8 Å². The highest BCUT2D eigenvalue weighted by Crippen LogP contribution is 2.21. The molecule has 0 saturated heterocycles. The smallest absolute Gasteiger partial charge is 0.131 e. The summed E-state index contributed by atoms with van der Waals surface area (Å²) in [6, 6.07) is 12.3. The molecule has 0 aromatic heterocycles. The Morgan fingerprint density at radius 3 is 2.59 bits per heavy atom. The number of hydrogen-bond acceptors (Lipinski definition) is 3. The zero-order chi connectivity index (χ0) is 15.8. The number of ether oxygens (including phenoxy) is 2. The van der Waals surface area contributed by atoms with Crippen LogP contribution in [0.25, 0.3) is 0 Å². The third-order valence-corrected chi connectivity index (χ3v) is 3.53. The lowest BCUT2D eigenvalue weighted by Gasteiger charge is -2.10. The second-order valence-corrected chi connectivity index (χ2v) is 5.21. The number of rotatable bonds is 8. The summed E-state index contributed by atoms with van der Waals surface area (Å²) in [5.41, 5.74) is 1.52. The summed E-state index contributed by atoms with van der Waals surface area (Å²) < 4.78 is 24.2. The first-order valence-corrected chi connectivity index (χ1v) is 7.43. The van der Waals surface area contributed by atoms with Gasteiger partial charge in [-0.3, -0.25) is 0 Å². The van der Waals surface area contributed by atoms with Crippen LogP contribution < -0.4 is 10.1 Å². The van der Waals surface area contributed by atoms with Crippen LogP contribution in [0, 0.1) is 5.82 Å². The molecule has 5 heteroatoms. The minimum absolute atomic E-state index is 0.108. The van der Waals surface area contributed by atoms with Gasteiger partial charge in [-0.15, -0.1) is 0 Å². The van der Waals surface area contributed by atoms with E-state index in [0.717, 1.165) is 18.7 Å². The van der Waals surface area contributed by atoms with Crippen molar-refractivity contribution in [2.75, 3.05) is 20.3 Å². The van der Waals surface area contributed by atoms with Gasteiger partial charge in [0.25, 0.3) is 0 Å². The van der Waals surface area contributed by atoms with Gasteiger partial charge in [-0.2, -0.15) is 0 Å². The number of nitrogens with one attached hydrogen (secondary N) is 1. The summed E-state index contributed by atoms with van der Waals surface area (Å²) in [4.78, 5) is 0. The molecular formula is C17H19ClFNO2. The normalized spacial score (nSPS) is 10.7. The molecule has 2 aromatic carbocycles. The van der Waals surface area contributed by atoms with Crippen molar-refractivity contribution in [3.8, 4) is 5.75 Å². The first kappa shape index (κ1) is 16.7. The van der Waals surface area contributed by atoms with Gasteiger partial charge in [0.2, 0.25) is 0 Å². The molecule has 0 bridgehead atoms. The van der Waals surface area contributed by atoms with Crippen LogP contribution in [-0.4, -0.2) is 20.3 Å². The predicted octanol–water partition coefficient (Wildman–Crippen LogP) is 3.79. The van der Waals surface area contributed by atoms with Crippen LogP contribution in [0.5, 0.6) is 5.75 Å². The highest BCUT2D eigenvalue weighted by molar-refractivity contribution is 6.31. The second kappa shape index (κ2) is 8.73. The molecule has 0 saturated carbocycles. The van der Waals surface area contributed by atoms with Crippen LogP contribution in [0.15, 0.2) is 42.5 Å². The second-order valence-electron chi connectivity index (χ2n) is 4.80. The molecule has 0 aliphatic heterocycles. The van der Waals surface area contributed by atoms with Gasteiger partial charge in [0, 0.05) is 25.8 Å². The maximum absolute atomic E-state index is 13.6. The fourth-order valence-electron chi connectivity index (χ4n) is 1.94. The van der Waals surface area contributed by atoms with Gasteiger partial charge in [0.05, 0.1) is 11.6 Å². The van der Waals surface area contributed by atoms with Crippen molar-refractivity contribution in [1.29, 1.82) is 0 Å². The number of hydrogen-bond donors (Lipinski definition) is 1. The van der Waals surface area contributed by atoms with Crippen LogP contribution in [0.3, 0.4) is 0 Å². The zero-order valence-corrected chi connectivity index (χ0v) is 13.2. The average molecular weight is 324 g/mol. The standard InChI is InChI=1S/C17H19ClFNO2/c1-21-10-9-20-11-13-5-7-14(8-6-13)22-12-15-16(18)3-2-4-17(15)19/h2-8,20H,9-12H2,1H3. The first-order chi connectivity index (χ1) is 10.7. The van der Waals surface area contributed by atoms with E-state index >= 15 is 0 Å². The SMILES string of the molecule is COCCNCc1ccc(OCc2c(F)cccc2Cl)cc1. The summed E-state index contributed by atoms with van der Waals surface area (Å²) in [6.07, 6.45) is 0. The van der Waals surface area contributed by atoms with Crippen molar-refractivity contribution in [2.24, 2.45) is 0 Å². The Morgan fingerprint density at radius 2 is 1.91 bits per heavy atom. The third-order valence-electron chi connectivity index (χ3n) is 3.18. The van der Waals surface area contributed by atoms with E-state index in [4.69, 9.17) is 21.1 Å². The number of halogens is 2. The fourth-order valence-corrected chi connectivity index (χ4v) is 2.15. The van der Waals surface area contributed by atoms with E-state index < -0.39 is 0 Å². The van der Waals surface area contributed by atoms with E-state index in [2.05, 4.69) is 5.32 Å². The molecule has 0 aliphatic carbocycles. The van der Waals surface area contributed by atoms with Crippen molar-refractivity contribution in [2.45, 2.75) is 13.2 Å². The van der Waals surface area contributed by atoms with Gasteiger partial charge in [-0.25, -0.2) is 4.39 Å². The third kappa shape index (κ3) is 4.98. The minimum atomic E-state index is -0.355. The summed E-state index contributed by atoms with van der Waals surface area (Å²) in [6.45, 7) is 2.37. The van der Waals surface area contributed by atoms with E-state index in [1.165, 1.54) is 6.07 Å². The number of methoxy groups -OCH3 is 1. The highest BCUT2D eigenvalue weighted by Gasteiger charge is 2.07. The Kier molecular flexibility index (Phi) is 6.65. The van der Waals surface area contributed by atoms with Gasteiger partial charge < -0.3 is 14.8 Å². The lowest BCUT2D eigenvalue weighted by molar-refractivity contribution is 0.199. The zero-order valence-electron chi connectivity index (χ0n) is 12.4. The summed E-state index contributed by atoms with van der Waals surface area (Å²) >= 11 is 5.97. The van der Waals surface area contributed by atoms with Gasteiger partial charge in [0.1, 0.15) is 18.2 Å². The van der Waals surface area contributed by atoms with Crippen LogP contribution in [0.2, 0.25) is 5.02 Å². The molecule has 0 aliphatic rings. The molecular weight excluding hydrogens is 305 g/mol. The van der Waals surface area contributed by atoms with E-state index in [9.17, 15) is 4.39 Å². The number of benzene rings is 2. The molecule has 22 heavy (non-hydrogen) atoms. The molecule has 0 fully saturated rings. The molecule has 2 aromatic rings. The summed E-state index contributed by atoms with van der Waals surface area (Å²) in [7, 11) is 1.68. The lowest BCUT2D eigenvalue weighted by atomic mass is 10.2. The van der Waals surface area contributed by atoms with Crippen LogP contribution in [-0.2, 0) is 17.9 Å². The van der Waals surface area contributed by atoms with Crippen molar-refractivity contribution < 1.29 is 13.9 Å². The molecule has 118 valence electrons. The molecule has 1 N–H and O–H groups in total. The van der Waals surface area contributed by atoms with Crippen molar-refractivity contribution in [1.82, 2.24) is 5.32 Å². The molecule has 2 rings (SSSR count). The van der Waals surface area contributed by atoms with Gasteiger partial charge in [-0.05, 0) is 29.8 Å². The van der Waals surface area contributed by atoms with Crippen LogP contribution >= 0.6 is 11.6 Å². The fraction of sp³-hybridized carbons (Fsp3) is 0.294.